The summed E-state index contributed by atoms with van der Waals surface area (Å²) in [5.74, 6) is 0.0612. The van der Waals surface area contributed by atoms with Crippen LogP contribution < -0.4 is 25.6 Å². The molecule has 2 aromatic rings. The second-order valence-corrected chi connectivity index (χ2v) is 6.50. The highest BCUT2D eigenvalue weighted by atomic mass is 32.1. The van der Waals surface area contributed by atoms with E-state index in [-0.39, 0.29) is 18.9 Å². The van der Waals surface area contributed by atoms with E-state index in [4.69, 9.17) is 9.47 Å². The molecule has 1 heterocycles. The first kappa shape index (κ1) is 21.2. The number of benzene rings is 1. The van der Waals surface area contributed by atoms with E-state index in [0.29, 0.717) is 23.7 Å². The molecule has 0 saturated carbocycles. The Morgan fingerprint density at radius 1 is 1.07 bits per heavy atom. The van der Waals surface area contributed by atoms with Crippen LogP contribution in [0.1, 0.15) is 30.6 Å². The first-order valence-electron chi connectivity index (χ1n) is 8.78. The molecule has 1 aromatic carbocycles. The third-order valence-electron chi connectivity index (χ3n) is 3.56. The van der Waals surface area contributed by atoms with E-state index < -0.39 is 17.9 Å². The summed E-state index contributed by atoms with van der Waals surface area (Å²) in [6.07, 6.45) is -0.777. The van der Waals surface area contributed by atoms with Crippen LogP contribution in [0.3, 0.4) is 0 Å². The Labute approximate surface area is 167 Å². The SMILES string of the molecule is CCOc1ccc(OC(C)C(=O)NNC(=O)CCNC(=O)c2ccsc2)cc1. The van der Waals surface area contributed by atoms with E-state index in [9.17, 15) is 14.4 Å². The fourth-order valence-corrected chi connectivity index (χ4v) is 2.76. The van der Waals surface area contributed by atoms with Gasteiger partial charge in [0.2, 0.25) is 5.91 Å². The van der Waals surface area contributed by atoms with Crippen molar-refractivity contribution in [1.82, 2.24) is 16.2 Å². The summed E-state index contributed by atoms with van der Waals surface area (Å²) in [5, 5.41) is 6.15. The predicted molar refractivity (Wildman–Crippen MR) is 105 cm³/mol. The molecule has 8 nitrogen and oxygen atoms in total. The van der Waals surface area contributed by atoms with Crippen molar-refractivity contribution >= 4 is 29.1 Å². The monoisotopic (exact) mass is 405 g/mol. The lowest BCUT2D eigenvalue weighted by atomic mass is 10.3. The maximum Gasteiger partial charge on any atom is 0.279 e. The Bertz CT molecular complexity index is 777. The lowest BCUT2D eigenvalue weighted by molar-refractivity contribution is -0.132. The van der Waals surface area contributed by atoms with Crippen LogP contribution in [-0.2, 0) is 9.59 Å². The topological polar surface area (TPSA) is 106 Å². The maximum absolute atomic E-state index is 12.0. The molecule has 3 amide bonds. The average Bonchev–Trinajstić information content (AvgIpc) is 3.22. The highest BCUT2D eigenvalue weighted by Crippen LogP contribution is 2.18. The molecule has 1 aromatic heterocycles. The van der Waals surface area contributed by atoms with E-state index in [1.165, 1.54) is 11.3 Å². The van der Waals surface area contributed by atoms with Gasteiger partial charge >= 0.3 is 0 Å². The van der Waals surface area contributed by atoms with Crippen molar-refractivity contribution in [2.24, 2.45) is 0 Å². The van der Waals surface area contributed by atoms with Crippen LogP contribution in [0.5, 0.6) is 11.5 Å². The molecule has 0 spiro atoms. The van der Waals surface area contributed by atoms with Crippen molar-refractivity contribution in [3.8, 4) is 11.5 Å². The molecule has 1 unspecified atom stereocenters. The van der Waals surface area contributed by atoms with Crippen LogP contribution in [0.25, 0.3) is 0 Å². The van der Waals surface area contributed by atoms with Gasteiger partial charge in [-0.3, -0.25) is 25.2 Å². The van der Waals surface area contributed by atoms with Crippen molar-refractivity contribution in [1.29, 1.82) is 0 Å². The third kappa shape index (κ3) is 6.92. The number of amides is 3. The molecular weight excluding hydrogens is 382 g/mol. The molecule has 0 aliphatic heterocycles. The number of carbonyl (C=O) groups is 3. The zero-order valence-corrected chi connectivity index (χ0v) is 16.5. The molecular formula is C19H23N3O5S. The number of thiophene rings is 1. The largest absolute Gasteiger partial charge is 0.494 e. The summed E-state index contributed by atoms with van der Waals surface area (Å²) in [6.45, 7) is 4.19. The van der Waals surface area contributed by atoms with E-state index in [1.807, 2.05) is 6.92 Å². The highest BCUT2D eigenvalue weighted by Gasteiger charge is 2.15. The predicted octanol–water partition coefficient (Wildman–Crippen LogP) is 1.88. The Morgan fingerprint density at radius 2 is 1.79 bits per heavy atom. The number of rotatable bonds is 9. The van der Waals surface area contributed by atoms with Crippen molar-refractivity contribution < 1.29 is 23.9 Å². The standard InChI is InChI=1S/C19H23N3O5S/c1-3-26-15-4-6-16(7-5-15)27-13(2)18(24)22-21-17(23)8-10-20-19(25)14-9-11-28-12-14/h4-7,9,11-13H,3,8,10H2,1-2H3,(H,20,25)(H,21,23)(H,22,24). The second kappa shape index (κ2) is 10.9. The Kier molecular flexibility index (Phi) is 8.29. The summed E-state index contributed by atoms with van der Waals surface area (Å²) < 4.78 is 10.9. The summed E-state index contributed by atoms with van der Waals surface area (Å²) in [6, 6.07) is 8.59. The number of nitrogens with one attached hydrogen (secondary N) is 3. The molecule has 0 radical (unpaired) electrons. The van der Waals surface area contributed by atoms with Crippen molar-refractivity contribution in [3.63, 3.8) is 0 Å². The van der Waals surface area contributed by atoms with E-state index in [1.54, 1.807) is 48.0 Å². The minimum absolute atomic E-state index is 0.0320. The fourth-order valence-electron chi connectivity index (χ4n) is 2.12. The van der Waals surface area contributed by atoms with Crippen LogP contribution in [0, 0.1) is 0 Å². The molecule has 9 heteroatoms. The lowest BCUT2D eigenvalue weighted by Crippen LogP contribution is -2.47. The number of hydrogen-bond acceptors (Lipinski definition) is 6. The quantitative estimate of drug-likeness (QED) is 0.553. The van der Waals surface area contributed by atoms with Crippen LogP contribution in [-0.4, -0.2) is 37.0 Å². The minimum atomic E-state index is -0.809. The molecule has 1 atom stereocenters. The Morgan fingerprint density at radius 3 is 2.43 bits per heavy atom. The Balaban J connectivity index is 1.66. The van der Waals surface area contributed by atoms with Gasteiger partial charge < -0.3 is 14.8 Å². The average molecular weight is 405 g/mol. The molecule has 150 valence electrons. The zero-order chi connectivity index (χ0) is 20.4. The van der Waals surface area contributed by atoms with E-state index >= 15 is 0 Å². The first-order chi connectivity index (χ1) is 13.5. The van der Waals surface area contributed by atoms with E-state index in [0.717, 1.165) is 0 Å². The number of ether oxygens (including phenoxy) is 2. The van der Waals surface area contributed by atoms with E-state index in [2.05, 4.69) is 16.2 Å². The number of hydrazine groups is 1. The molecule has 0 bridgehead atoms. The van der Waals surface area contributed by atoms with Crippen molar-refractivity contribution in [2.45, 2.75) is 26.4 Å². The van der Waals surface area contributed by atoms with Crippen LogP contribution in [0.4, 0.5) is 0 Å². The normalized spacial score (nSPS) is 11.2. The first-order valence-corrected chi connectivity index (χ1v) is 9.72. The van der Waals surface area contributed by atoms with Gasteiger partial charge in [-0.05, 0) is 49.6 Å². The van der Waals surface area contributed by atoms with Crippen molar-refractivity contribution in [2.75, 3.05) is 13.2 Å². The van der Waals surface area contributed by atoms with Gasteiger partial charge in [-0.2, -0.15) is 11.3 Å². The third-order valence-corrected chi connectivity index (χ3v) is 4.25. The Hall–Kier alpha value is -3.07. The lowest BCUT2D eigenvalue weighted by Gasteiger charge is -2.15. The molecule has 0 aliphatic carbocycles. The van der Waals surface area contributed by atoms with Gasteiger partial charge in [-0.15, -0.1) is 0 Å². The number of hydrogen-bond donors (Lipinski definition) is 3. The van der Waals surface area contributed by atoms with Gasteiger partial charge in [0, 0.05) is 23.9 Å². The van der Waals surface area contributed by atoms with Crippen molar-refractivity contribution in [3.05, 3.63) is 46.7 Å². The fraction of sp³-hybridized carbons (Fsp3) is 0.316. The molecule has 0 saturated heterocycles. The molecule has 0 aliphatic rings. The molecule has 28 heavy (non-hydrogen) atoms. The summed E-state index contributed by atoms with van der Waals surface area (Å²) in [4.78, 5) is 35.5. The number of carbonyl (C=O) groups excluding carboxylic acids is 3. The van der Waals surface area contributed by atoms with Crippen LogP contribution >= 0.6 is 11.3 Å². The van der Waals surface area contributed by atoms with Gasteiger partial charge in [0.1, 0.15) is 11.5 Å². The van der Waals surface area contributed by atoms with Gasteiger partial charge in [0.25, 0.3) is 11.8 Å². The van der Waals surface area contributed by atoms with Gasteiger partial charge in [-0.25, -0.2) is 0 Å². The van der Waals surface area contributed by atoms with Gasteiger partial charge in [0.05, 0.1) is 6.61 Å². The van der Waals surface area contributed by atoms with Crippen LogP contribution in [0.2, 0.25) is 0 Å². The zero-order valence-electron chi connectivity index (χ0n) is 15.7. The second-order valence-electron chi connectivity index (χ2n) is 5.72. The van der Waals surface area contributed by atoms with Gasteiger partial charge in [0.15, 0.2) is 6.10 Å². The highest BCUT2D eigenvalue weighted by molar-refractivity contribution is 7.08. The van der Waals surface area contributed by atoms with Crippen LogP contribution in [0.15, 0.2) is 41.1 Å². The maximum atomic E-state index is 12.0. The summed E-state index contributed by atoms with van der Waals surface area (Å²) in [5.41, 5.74) is 5.15. The summed E-state index contributed by atoms with van der Waals surface area (Å²) >= 11 is 1.42. The minimum Gasteiger partial charge on any atom is -0.494 e. The molecule has 3 N–H and O–H groups in total. The smallest absolute Gasteiger partial charge is 0.279 e. The summed E-state index contributed by atoms with van der Waals surface area (Å²) in [7, 11) is 0. The molecule has 2 rings (SSSR count). The van der Waals surface area contributed by atoms with Gasteiger partial charge in [-0.1, -0.05) is 0 Å². The molecule has 0 fully saturated rings.